The predicted molar refractivity (Wildman–Crippen MR) is 248 cm³/mol. The van der Waals surface area contributed by atoms with E-state index in [2.05, 4.69) is 0 Å². The van der Waals surface area contributed by atoms with Crippen molar-refractivity contribution in [1.82, 2.24) is 9.55 Å². The van der Waals surface area contributed by atoms with Gasteiger partial charge in [-0.1, -0.05) is 145 Å². The molecule has 0 saturated carbocycles. The zero-order valence-electron chi connectivity index (χ0n) is 44.8. The fraction of sp³-hybridized carbons (Fsp3) is 0.0364. The zero-order valence-corrected chi connectivity index (χ0v) is 31.8. The average molecular weight is 786 g/mol. The third kappa shape index (κ3) is 6.16. The molecule has 0 radical (unpaired) electrons. The molecule has 11 rings (SSSR count). The minimum absolute atomic E-state index is 0.0781. The van der Waals surface area contributed by atoms with Crippen molar-refractivity contribution in [2.45, 2.75) is 6.85 Å². The average Bonchev–Trinajstić information content (AvgIpc) is 3.94. The Hall–Kier alpha value is -7.89. The zero-order chi connectivity index (χ0) is 51.2. The van der Waals surface area contributed by atoms with Gasteiger partial charge < -0.3 is 14.5 Å². The molecule has 3 heterocycles. The van der Waals surface area contributed by atoms with E-state index in [1.54, 1.807) is 18.2 Å². The molecule has 8 aromatic carbocycles. The van der Waals surface area contributed by atoms with Crippen LogP contribution in [0.25, 0.3) is 61.0 Å². The van der Waals surface area contributed by atoms with E-state index >= 15 is 0 Å². The van der Waals surface area contributed by atoms with Gasteiger partial charge in [-0.25, -0.2) is 4.98 Å². The SMILES string of the molecule is [2H]c1c([2H])c([2H])c(-c2cccc(-c3c([2H])c([2H])c([2H])c([2H])c3[2H])c2N2CN(c3cccc(Oc4ccc5c6ccccc6n(-c6cc(-c7ccccc7)c(C([2H])([2H])[2H])cn6)c5c4)c3)c3ccccc32)c([2H])c1[2H]. The lowest BCUT2D eigenvalue weighted by atomic mass is 9.95. The van der Waals surface area contributed by atoms with Crippen LogP contribution in [0.2, 0.25) is 0 Å². The van der Waals surface area contributed by atoms with Crippen LogP contribution in [0.5, 0.6) is 11.5 Å². The Balaban J connectivity index is 1.02. The number of fused-ring (bicyclic) bond motifs is 4. The molecule has 0 bridgehead atoms. The van der Waals surface area contributed by atoms with Gasteiger partial charge in [0.2, 0.25) is 0 Å². The molecular formula is C55H40N4O. The number of aromatic nitrogens is 2. The maximum absolute atomic E-state index is 9.03. The summed E-state index contributed by atoms with van der Waals surface area (Å²) in [7, 11) is 0. The van der Waals surface area contributed by atoms with Gasteiger partial charge in [0.05, 0.1) is 41.8 Å². The molecule has 0 fully saturated rings. The minimum atomic E-state index is -2.40. The van der Waals surface area contributed by atoms with Gasteiger partial charge in [-0.3, -0.25) is 4.57 Å². The highest BCUT2D eigenvalue weighted by Gasteiger charge is 2.31. The second-order valence-corrected chi connectivity index (χ2v) is 14.3. The third-order valence-corrected chi connectivity index (χ3v) is 10.8. The van der Waals surface area contributed by atoms with Crippen molar-refractivity contribution in [1.29, 1.82) is 0 Å². The number of ether oxygens (including phenoxy) is 1. The highest BCUT2D eigenvalue weighted by atomic mass is 16.5. The third-order valence-electron chi connectivity index (χ3n) is 10.8. The predicted octanol–water partition coefficient (Wildman–Crippen LogP) is 14.5. The second-order valence-electron chi connectivity index (χ2n) is 14.3. The highest BCUT2D eigenvalue weighted by Crippen LogP contribution is 2.50. The van der Waals surface area contributed by atoms with Gasteiger partial charge in [-0.15, -0.1) is 0 Å². The molecule has 10 aromatic rings. The molecule has 1 aliphatic rings. The number of rotatable bonds is 8. The summed E-state index contributed by atoms with van der Waals surface area (Å²) in [6.45, 7) is -2.33. The maximum Gasteiger partial charge on any atom is 0.138 e. The van der Waals surface area contributed by atoms with Crippen LogP contribution in [0.1, 0.15) is 23.4 Å². The molecule has 60 heavy (non-hydrogen) atoms. The molecule has 0 unspecified atom stereocenters. The van der Waals surface area contributed by atoms with E-state index in [0.717, 1.165) is 33.1 Å². The van der Waals surface area contributed by atoms with Gasteiger partial charge >= 0.3 is 0 Å². The maximum atomic E-state index is 9.03. The van der Waals surface area contributed by atoms with E-state index in [1.807, 2.05) is 142 Å². The lowest BCUT2D eigenvalue weighted by Gasteiger charge is -2.27. The van der Waals surface area contributed by atoms with Gasteiger partial charge in [0, 0.05) is 50.0 Å². The Morgan fingerprint density at radius 1 is 0.533 bits per heavy atom. The monoisotopic (exact) mass is 785 g/mol. The van der Waals surface area contributed by atoms with Gasteiger partial charge in [0.25, 0.3) is 0 Å². The molecular weight excluding hydrogens is 733 g/mol. The van der Waals surface area contributed by atoms with Crippen molar-refractivity contribution in [2.75, 3.05) is 16.5 Å². The van der Waals surface area contributed by atoms with Crippen LogP contribution >= 0.6 is 0 Å². The van der Waals surface area contributed by atoms with Crippen molar-refractivity contribution in [2.24, 2.45) is 0 Å². The van der Waals surface area contributed by atoms with E-state index < -0.39 is 67.3 Å². The molecule has 0 aliphatic carbocycles. The van der Waals surface area contributed by atoms with E-state index in [9.17, 15) is 0 Å². The molecule has 0 spiro atoms. The Bertz CT molecular complexity index is 3750. The topological polar surface area (TPSA) is 33.5 Å². The Morgan fingerprint density at radius 3 is 1.93 bits per heavy atom. The smallest absolute Gasteiger partial charge is 0.138 e. The second kappa shape index (κ2) is 14.8. The van der Waals surface area contributed by atoms with Crippen LogP contribution in [-0.2, 0) is 0 Å². The summed E-state index contributed by atoms with van der Waals surface area (Å²) in [6.07, 6.45) is 1.43. The van der Waals surface area contributed by atoms with E-state index in [-0.39, 0.29) is 40.2 Å². The van der Waals surface area contributed by atoms with Crippen LogP contribution in [0.3, 0.4) is 0 Å². The van der Waals surface area contributed by atoms with Crippen LogP contribution in [0.4, 0.5) is 22.7 Å². The standard InChI is InChI=1S/C55H40N4O/c1-38-36-56-54(35-49(38)41-21-9-4-10-22-41)59-50-28-12-11-25-47(50)48-32-31-44(34-53(48)59)60-43-24-15-23-42(33-43)57-37-58(52-30-14-13-29-51(52)57)55-45(39-17-5-2-6-18-39)26-16-27-46(55)40-19-7-3-8-20-40/h2-36H,37H2,1H3/i1D3,2D,3D,5D,6D,7D,8D,17D,18D,19D,20D. The van der Waals surface area contributed by atoms with Crippen molar-refractivity contribution in [3.8, 4) is 50.7 Å². The molecule has 0 amide bonds. The Labute approximate surface area is 367 Å². The molecule has 286 valence electrons. The van der Waals surface area contributed by atoms with E-state index in [4.69, 9.17) is 27.5 Å². The summed E-state index contributed by atoms with van der Waals surface area (Å²) in [5.41, 5.74) is 5.57. The van der Waals surface area contributed by atoms with Gasteiger partial charge in [-0.2, -0.15) is 0 Å². The van der Waals surface area contributed by atoms with Crippen molar-refractivity contribution < 1.29 is 22.6 Å². The van der Waals surface area contributed by atoms with Crippen LogP contribution in [0.15, 0.2) is 212 Å². The molecule has 0 atom stereocenters. The van der Waals surface area contributed by atoms with Crippen LogP contribution < -0.4 is 14.5 Å². The Kier molecular flexibility index (Phi) is 5.95. The first-order valence-corrected chi connectivity index (χ1v) is 19.3. The number of pyridine rings is 1. The van der Waals surface area contributed by atoms with Gasteiger partial charge in [0.15, 0.2) is 0 Å². The quantitative estimate of drug-likeness (QED) is 0.154. The largest absolute Gasteiger partial charge is 0.457 e. The fourth-order valence-corrected chi connectivity index (χ4v) is 8.17. The van der Waals surface area contributed by atoms with Crippen LogP contribution in [0, 0.1) is 6.85 Å². The first kappa shape index (κ1) is 24.1. The van der Waals surface area contributed by atoms with Gasteiger partial charge in [-0.05, 0) is 83.2 Å². The number of anilines is 4. The van der Waals surface area contributed by atoms with Crippen molar-refractivity contribution >= 4 is 44.6 Å². The number of benzene rings is 8. The fourth-order valence-electron chi connectivity index (χ4n) is 8.17. The summed E-state index contributed by atoms with van der Waals surface area (Å²) in [4.78, 5) is 8.61. The molecule has 0 saturated heterocycles. The lowest BCUT2D eigenvalue weighted by molar-refractivity contribution is 0.483. The number of nitrogens with zero attached hydrogens (tertiary/aromatic N) is 4. The number of hydrogen-bond acceptors (Lipinski definition) is 4. The number of hydrogen-bond donors (Lipinski definition) is 0. The normalized spacial score (nSPS) is 15.6. The van der Waals surface area contributed by atoms with Crippen molar-refractivity contribution in [3.05, 3.63) is 218 Å². The molecule has 0 N–H and O–H groups in total. The van der Waals surface area contributed by atoms with Gasteiger partial charge in [0.1, 0.15) is 24.0 Å². The summed E-state index contributed by atoms with van der Waals surface area (Å²) in [6, 6.07) is 39.5. The highest BCUT2D eigenvalue weighted by molar-refractivity contribution is 6.09. The van der Waals surface area contributed by atoms with Crippen molar-refractivity contribution in [3.63, 3.8) is 0 Å². The number of aryl methyl sites for hydroxylation is 1. The first-order chi connectivity index (χ1) is 35.0. The summed E-state index contributed by atoms with van der Waals surface area (Å²) < 4.78 is 121. The molecule has 1 aliphatic heterocycles. The summed E-state index contributed by atoms with van der Waals surface area (Å²) in [5.74, 6) is 1.52. The summed E-state index contributed by atoms with van der Waals surface area (Å²) >= 11 is 0. The molecule has 2 aromatic heterocycles. The van der Waals surface area contributed by atoms with Crippen LogP contribution in [-0.4, -0.2) is 16.2 Å². The lowest BCUT2D eigenvalue weighted by Crippen LogP contribution is -2.24. The summed E-state index contributed by atoms with van der Waals surface area (Å²) in [5, 5.41) is 1.90. The van der Waals surface area contributed by atoms with E-state index in [1.165, 1.54) is 6.20 Å². The first-order valence-electron chi connectivity index (χ1n) is 25.8. The Morgan fingerprint density at radius 2 is 1.18 bits per heavy atom. The molecule has 5 nitrogen and oxygen atoms in total. The van der Waals surface area contributed by atoms with E-state index in [0.29, 0.717) is 34.3 Å². The molecule has 5 heteroatoms. The minimum Gasteiger partial charge on any atom is -0.457 e. The number of para-hydroxylation sites is 4.